The smallest absolute Gasteiger partial charge is 0.129 e. The van der Waals surface area contributed by atoms with Crippen molar-refractivity contribution in [2.45, 2.75) is 13.5 Å². The highest BCUT2D eigenvalue weighted by atomic mass is 79.9. The summed E-state index contributed by atoms with van der Waals surface area (Å²) >= 11 is 3.34. The third-order valence-electron chi connectivity index (χ3n) is 2.62. The lowest BCUT2D eigenvalue weighted by atomic mass is 10.2. The minimum absolute atomic E-state index is 0.199. The van der Waals surface area contributed by atoms with Gasteiger partial charge in [0.15, 0.2) is 0 Å². The molecule has 0 saturated heterocycles. The van der Waals surface area contributed by atoms with Crippen molar-refractivity contribution in [2.75, 3.05) is 5.32 Å². The Labute approximate surface area is 109 Å². The van der Waals surface area contributed by atoms with Gasteiger partial charge in [0.25, 0.3) is 0 Å². The SMILES string of the molecule is Cc1c(F)cc(NCc2ccccc2)cc1Br. The highest BCUT2D eigenvalue weighted by molar-refractivity contribution is 9.10. The van der Waals surface area contributed by atoms with Crippen LogP contribution in [-0.2, 0) is 6.54 Å². The molecule has 3 heteroatoms. The van der Waals surface area contributed by atoms with Crippen LogP contribution in [0.2, 0.25) is 0 Å². The highest BCUT2D eigenvalue weighted by Crippen LogP contribution is 2.24. The molecule has 2 aromatic rings. The van der Waals surface area contributed by atoms with Crippen molar-refractivity contribution >= 4 is 21.6 Å². The summed E-state index contributed by atoms with van der Waals surface area (Å²) in [5.74, 6) is -0.199. The molecule has 0 saturated carbocycles. The van der Waals surface area contributed by atoms with Gasteiger partial charge in [-0.3, -0.25) is 0 Å². The first-order chi connectivity index (χ1) is 8.16. The summed E-state index contributed by atoms with van der Waals surface area (Å²) in [4.78, 5) is 0. The Morgan fingerprint density at radius 3 is 2.53 bits per heavy atom. The molecule has 2 rings (SSSR count). The molecule has 0 spiro atoms. The van der Waals surface area contributed by atoms with E-state index in [0.717, 1.165) is 10.2 Å². The quantitative estimate of drug-likeness (QED) is 0.878. The maximum absolute atomic E-state index is 13.5. The van der Waals surface area contributed by atoms with E-state index < -0.39 is 0 Å². The fourth-order valence-electron chi connectivity index (χ4n) is 1.55. The van der Waals surface area contributed by atoms with E-state index in [4.69, 9.17) is 0 Å². The van der Waals surface area contributed by atoms with Crippen molar-refractivity contribution in [1.29, 1.82) is 0 Å². The third kappa shape index (κ3) is 3.07. The number of nitrogens with one attached hydrogen (secondary N) is 1. The average molecular weight is 294 g/mol. The standard InChI is InChI=1S/C14H13BrFN/c1-10-13(15)7-12(8-14(10)16)17-9-11-5-3-2-4-6-11/h2-8,17H,9H2,1H3. The van der Waals surface area contributed by atoms with Gasteiger partial charge >= 0.3 is 0 Å². The van der Waals surface area contributed by atoms with Crippen molar-refractivity contribution < 1.29 is 4.39 Å². The zero-order valence-electron chi connectivity index (χ0n) is 9.50. The van der Waals surface area contributed by atoms with Gasteiger partial charge in [-0.15, -0.1) is 0 Å². The maximum Gasteiger partial charge on any atom is 0.129 e. The number of rotatable bonds is 3. The molecule has 0 fully saturated rings. The van der Waals surface area contributed by atoms with Crippen LogP contribution in [0.1, 0.15) is 11.1 Å². The van der Waals surface area contributed by atoms with Crippen LogP contribution < -0.4 is 5.32 Å². The largest absolute Gasteiger partial charge is 0.381 e. The van der Waals surface area contributed by atoms with Crippen LogP contribution in [0.15, 0.2) is 46.9 Å². The van der Waals surface area contributed by atoms with Crippen LogP contribution in [0.5, 0.6) is 0 Å². The van der Waals surface area contributed by atoms with E-state index in [-0.39, 0.29) is 5.82 Å². The first-order valence-electron chi connectivity index (χ1n) is 5.40. The first-order valence-corrected chi connectivity index (χ1v) is 6.19. The van der Waals surface area contributed by atoms with Crippen molar-refractivity contribution in [3.05, 3.63) is 63.9 Å². The van der Waals surface area contributed by atoms with Crippen LogP contribution in [-0.4, -0.2) is 0 Å². The Bertz CT molecular complexity index is 488. The molecule has 1 nitrogen and oxygen atoms in total. The van der Waals surface area contributed by atoms with E-state index >= 15 is 0 Å². The second kappa shape index (κ2) is 5.32. The monoisotopic (exact) mass is 293 g/mol. The molecule has 88 valence electrons. The fourth-order valence-corrected chi connectivity index (χ4v) is 1.98. The van der Waals surface area contributed by atoms with Crippen molar-refractivity contribution in [3.63, 3.8) is 0 Å². The van der Waals surface area contributed by atoms with Gasteiger partial charge in [0, 0.05) is 16.7 Å². The Morgan fingerprint density at radius 1 is 1.18 bits per heavy atom. The van der Waals surface area contributed by atoms with E-state index in [1.807, 2.05) is 36.4 Å². The van der Waals surface area contributed by atoms with E-state index in [1.165, 1.54) is 11.6 Å². The van der Waals surface area contributed by atoms with Crippen molar-refractivity contribution in [1.82, 2.24) is 0 Å². The maximum atomic E-state index is 13.5. The molecule has 0 aliphatic carbocycles. The number of hydrogen-bond donors (Lipinski definition) is 1. The average Bonchev–Trinajstić information content (AvgIpc) is 2.34. The molecule has 2 aromatic carbocycles. The van der Waals surface area contributed by atoms with E-state index in [2.05, 4.69) is 21.2 Å². The Balaban J connectivity index is 2.10. The fraction of sp³-hybridized carbons (Fsp3) is 0.143. The summed E-state index contributed by atoms with van der Waals surface area (Å²) < 4.78 is 14.3. The molecular formula is C14H13BrFN. The molecule has 0 amide bonds. The topological polar surface area (TPSA) is 12.0 Å². The first kappa shape index (κ1) is 12.1. The predicted octanol–water partition coefficient (Wildman–Crippen LogP) is 4.51. The minimum atomic E-state index is -0.199. The van der Waals surface area contributed by atoms with Gasteiger partial charge in [-0.05, 0) is 30.2 Å². The van der Waals surface area contributed by atoms with Gasteiger partial charge in [-0.2, -0.15) is 0 Å². The van der Waals surface area contributed by atoms with Gasteiger partial charge in [-0.25, -0.2) is 4.39 Å². The molecule has 1 N–H and O–H groups in total. The summed E-state index contributed by atoms with van der Waals surface area (Å²) in [5, 5.41) is 3.20. The zero-order chi connectivity index (χ0) is 12.3. The predicted molar refractivity (Wildman–Crippen MR) is 72.6 cm³/mol. The molecule has 0 heterocycles. The van der Waals surface area contributed by atoms with Crippen molar-refractivity contribution in [2.24, 2.45) is 0 Å². The number of halogens is 2. The van der Waals surface area contributed by atoms with Crippen LogP contribution >= 0.6 is 15.9 Å². The van der Waals surface area contributed by atoms with Gasteiger partial charge in [0.2, 0.25) is 0 Å². The van der Waals surface area contributed by atoms with Crippen LogP contribution in [0, 0.1) is 12.7 Å². The molecule has 0 bridgehead atoms. The van der Waals surface area contributed by atoms with Crippen LogP contribution in [0.25, 0.3) is 0 Å². The van der Waals surface area contributed by atoms with E-state index in [1.54, 1.807) is 6.92 Å². The summed E-state index contributed by atoms with van der Waals surface area (Å²) in [6.45, 7) is 2.44. The Morgan fingerprint density at radius 2 is 1.88 bits per heavy atom. The Hall–Kier alpha value is -1.35. The zero-order valence-corrected chi connectivity index (χ0v) is 11.1. The van der Waals surface area contributed by atoms with Gasteiger partial charge in [0.1, 0.15) is 5.82 Å². The third-order valence-corrected chi connectivity index (χ3v) is 3.44. The summed E-state index contributed by atoms with van der Waals surface area (Å²) in [7, 11) is 0. The van der Waals surface area contributed by atoms with Crippen LogP contribution in [0.3, 0.4) is 0 Å². The molecular weight excluding hydrogens is 281 g/mol. The van der Waals surface area contributed by atoms with Crippen LogP contribution in [0.4, 0.5) is 10.1 Å². The molecule has 17 heavy (non-hydrogen) atoms. The lowest BCUT2D eigenvalue weighted by molar-refractivity contribution is 0.617. The molecule has 0 atom stereocenters. The summed E-state index contributed by atoms with van der Waals surface area (Å²) in [6, 6.07) is 13.4. The molecule has 0 aliphatic rings. The molecule has 0 aromatic heterocycles. The van der Waals surface area contributed by atoms with E-state index in [0.29, 0.717) is 12.1 Å². The lowest BCUT2D eigenvalue weighted by Crippen LogP contribution is -2.00. The van der Waals surface area contributed by atoms with Gasteiger partial charge < -0.3 is 5.32 Å². The normalized spacial score (nSPS) is 10.3. The van der Waals surface area contributed by atoms with Gasteiger partial charge in [-0.1, -0.05) is 46.3 Å². The number of anilines is 1. The summed E-state index contributed by atoms with van der Waals surface area (Å²) in [5.41, 5.74) is 2.59. The van der Waals surface area contributed by atoms with E-state index in [9.17, 15) is 4.39 Å². The number of hydrogen-bond acceptors (Lipinski definition) is 1. The van der Waals surface area contributed by atoms with Gasteiger partial charge in [0.05, 0.1) is 0 Å². The summed E-state index contributed by atoms with van der Waals surface area (Å²) in [6.07, 6.45) is 0. The second-order valence-corrected chi connectivity index (χ2v) is 4.76. The molecule has 0 aliphatic heterocycles. The Kier molecular flexibility index (Phi) is 3.79. The highest BCUT2D eigenvalue weighted by Gasteiger charge is 2.04. The lowest BCUT2D eigenvalue weighted by Gasteiger charge is -2.09. The number of benzene rings is 2. The van der Waals surface area contributed by atoms with Crippen molar-refractivity contribution in [3.8, 4) is 0 Å². The molecule has 0 unspecified atom stereocenters. The minimum Gasteiger partial charge on any atom is -0.381 e. The molecule has 0 radical (unpaired) electrons. The second-order valence-electron chi connectivity index (χ2n) is 3.90.